The van der Waals surface area contributed by atoms with E-state index >= 15 is 0 Å². The van der Waals surface area contributed by atoms with Gasteiger partial charge in [0.15, 0.2) is 0 Å². The summed E-state index contributed by atoms with van der Waals surface area (Å²) < 4.78 is 5.18. The van der Waals surface area contributed by atoms with Gasteiger partial charge in [0.05, 0.1) is 17.3 Å². The summed E-state index contributed by atoms with van der Waals surface area (Å²) in [4.78, 5) is 12.1. The summed E-state index contributed by atoms with van der Waals surface area (Å²) in [5.41, 5.74) is 2.12. The number of benzene rings is 1. The zero-order chi connectivity index (χ0) is 11.3. The first-order chi connectivity index (χ1) is 7.19. The Hall–Kier alpha value is -1.20. The second-order valence-electron chi connectivity index (χ2n) is 2.92. The van der Waals surface area contributed by atoms with Crippen LogP contribution in [0, 0.1) is 0 Å². The summed E-state index contributed by atoms with van der Waals surface area (Å²) in [7, 11) is 1.60. The summed E-state index contributed by atoms with van der Waals surface area (Å²) in [6.45, 7) is 1.79. The third kappa shape index (κ3) is 3.14. The zero-order valence-electron chi connectivity index (χ0n) is 8.69. The molecule has 15 heavy (non-hydrogen) atoms. The van der Waals surface area contributed by atoms with Crippen LogP contribution in [0.2, 0.25) is 0 Å². The van der Waals surface area contributed by atoms with Crippen LogP contribution in [0.4, 0.5) is 0 Å². The largest absolute Gasteiger partial charge is 0.496 e. The Morgan fingerprint density at radius 1 is 1.53 bits per heavy atom. The van der Waals surface area contributed by atoms with Crippen molar-refractivity contribution in [3.05, 3.63) is 24.3 Å². The minimum Gasteiger partial charge on any atom is -0.496 e. The number of para-hydroxylation sites is 1. The van der Waals surface area contributed by atoms with E-state index in [1.54, 1.807) is 14.0 Å². The van der Waals surface area contributed by atoms with E-state index in [0.29, 0.717) is 0 Å². The van der Waals surface area contributed by atoms with Crippen LogP contribution < -0.4 is 16.0 Å². The van der Waals surface area contributed by atoms with Crippen molar-refractivity contribution in [2.75, 3.05) is 7.11 Å². The number of thioether (sulfide) groups is 1. The predicted molar refractivity (Wildman–Crippen MR) is 60.6 cm³/mol. The molecule has 1 unspecified atom stereocenters. The van der Waals surface area contributed by atoms with Crippen molar-refractivity contribution in [3.63, 3.8) is 0 Å². The average Bonchev–Trinajstić information content (AvgIpc) is 2.28. The molecule has 0 spiro atoms. The molecule has 0 aliphatic carbocycles. The molecule has 3 N–H and O–H groups in total. The Labute approximate surface area is 93.1 Å². The molecule has 0 bridgehead atoms. The van der Waals surface area contributed by atoms with Gasteiger partial charge >= 0.3 is 0 Å². The molecule has 1 rings (SSSR count). The van der Waals surface area contributed by atoms with Crippen molar-refractivity contribution in [1.29, 1.82) is 0 Å². The quantitative estimate of drug-likeness (QED) is 0.350. The molecule has 0 aromatic heterocycles. The van der Waals surface area contributed by atoms with Crippen LogP contribution in [0.3, 0.4) is 0 Å². The number of ether oxygens (including phenoxy) is 1. The number of hydrogen-bond acceptors (Lipinski definition) is 4. The van der Waals surface area contributed by atoms with Gasteiger partial charge in [-0.1, -0.05) is 12.1 Å². The summed E-state index contributed by atoms with van der Waals surface area (Å²) in [6.07, 6.45) is 0. The van der Waals surface area contributed by atoms with Gasteiger partial charge in [0.2, 0.25) is 5.91 Å². The third-order valence-electron chi connectivity index (χ3n) is 1.88. The first-order valence-electron chi connectivity index (χ1n) is 4.49. The number of amides is 1. The van der Waals surface area contributed by atoms with E-state index in [0.717, 1.165) is 10.6 Å². The van der Waals surface area contributed by atoms with Crippen LogP contribution in [-0.2, 0) is 4.79 Å². The summed E-state index contributed by atoms with van der Waals surface area (Å²) in [6, 6.07) is 7.55. The highest BCUT2D eigenvalue weighted by atomic mass is 32.2. The van der Waals surface area contributed by atoms with E-state index in [-0.39, 0.29) is 11.2 Å². The second-order valence-corrected chi connectivity index (χ2v) is 4.30. The number of nitrogens with one attached hydrogen (secondary N) is 1. The number of carbonyl (C=O) groups excluding carboxylic acids is 1. The van der Waals surface area contributed by atoms with E-state index < -0.39 is 0 Å². The van der Waals surface area contributed by atoms with Gasteiger partial charge in [-0.05, 0) is 19.1 Å². The predicted octanol–water partition coefficient (Wildman–Crippen LogP) is 1.17. The number of methoxy groups -OCH3 is 1. The molecular weight excluding hydrogens is 212 g/mol. The number of hydrogen-bond donors (Lipinski definition) is 2. The molecule has 1 amide bonds. The highest BCUT2D eigenvalue weighted by Crippen LogP contribution is 2.31. The van der Waals surface area contributed by atoms with Crippen molar-refractivity contribution >= 4 is 17.7 Å². The molecule has 0 fully saturated rings. The Kier molecular flexibility index (Phi) is 4.45. The van der Waals surface area contributed by atoms with Crippen LogP contribution >= 0.6 is 11.8 Å². The Morgan fingerprint density at radius 2 is 2.20 bits per heavy atom. The van der Waals surface area contributed by atoms with Crippen LogP contribution in [0.25, 0.3) is 0 Å². The normalized spacial score (nSPS) is 11.9. The monoisotopic (exact) mass is 226 g/mol. The Balaban J connectivity index is 2.75. The van der Waals surface area contributed by atoms with Crippen molar-refractivity contribution in [3.8, 4) is 5.75 Å². The highest BCUT2D eigenvalue weighted by molar-refractivity contribution is 8.00. The van der Waals surface area contributed by atoms with Crippen LogP contribution in [0.1, 0.15) is 6.92 Å². The molecule has 1 aromatic carbocycles. The summed E-state index contributed by atoms with van der Waals surface area (Å²) in [5.74, 6) is 5.61. The fourth-order valence-electron chi connectivity index (χ4n) is 1.08. The minimum absolute atomic E-state index is 0.203. The van der Waals surface area contributed by atoms with E-state index in [9.17, 15) is 4.79 Å². The minimum atomic E-state index is -0.244. The Morgan fingerprint density at radius 3 is 2.80 bits per heavy atom. The maximum absolute atomic E-state index is 11.2. The molecule has 1 atom stereocenters. The third-order valence-corrected chi connectivity index (χ3v) is 3.04. The van der Waals surface area contributed by atoms with E-state index in [2.05, 4.69) is 5.43 Å². The molecule has 4 nitrogen and oxygen atoms in total. The topological polar surface area (TPSA) is 64.3 Å². The second kappa shape index (κ2) is 5.63. The van der Waals surface area contributed by atoms with Gasteiger partial charge < -0.3 is 4.74 Å². The number of hydrazine groups is 1. The molecule has 0 aliphatic heterocycles. The molecule has 1 aromatic rings. The average molecular weight is 226 g/mol. The molecule has 0 saturated carbocycles. The van der Waals surface area contributed by atoms with Crippen molar-refractivity contribution in [1.82, 2.24) is 5.43 Å². The molecule has 5 heteroatoms. The summed E-state index contributed by atoms with van der Waals surface area (Å²) in [5, 5.41) is -0.244. The van der Waals surface area contributed by atoms with Gasteiger partial charge in [0.1, 0.15) is 5.75 Å². The number of nitrogens with two attached hydrogens (primary N) is 1. The molecular formula is C10H14N2O2S. The van der Waals surface area contributed by atoms with Gasteiger partial charge in [-0.25, -0.2) is 5.84 Å². The lowest BCUT2D eigenvalue weighted by molar-refractivity contribution is -0.120. The van der Waals surface area contributed by atoms with Crippen LogP contribution in [0.5, 0.6) is 5.75 Å². The zero-order valence-corrected chi connectivity index (χ0v) is 9.51. The molecule has 0 saturated heterocycles. The van der Waals surface area contributed by atoms with E-state index in [1.807, 2.05) is 24.3 Å². The molecule has 0 radical (unpaired) electrons. The fourth-order valence-corrected chi connectivity index (χ4v) is 2.06. The SMILES string of the molecule is COc1ccccc1SC(C)C(=O)NN. The van der Waals surface area contributed by atoms with Crippen LogP contribution in [0.15, 0.2) is 29.2 Å². The standard InChI is InChI=1S/C10H14N2O2S/c1-7(10(13)12-11)15-9-6-4-3-5-8(9)14-2/h3-7H,11H2,1-2H3,(H,12,13). The fraction of sp³-hybridized carbons (Fsp3) is 0.300. The summed E-state index contributed by atoms with van der Waals surface area (Å²) >= 11 is 1.41. The van der Waals surface area contributed by atoms with Gasteiger partial charge in [0.25, 0.3) is 0 Å². The highest BCUT2D eigenvalue weighted by Gasteiger charge is 2.14. The Bertz CT molecular complexity index is 344. The first kappa shape index (κ1) is 11.9. The number of rotatable bonds is 4. The number of carbonyl (C=O) groups is 1. The molecule has 0 heterocycles. The van der Waals surface area contributed by atoms with Crippen molar-refractivity contribution in [2.24, 2.45) is 5.84 Å². The van der Waals surface area contributed by atoms with Gasteiger partial charge in [-0.15, -0.1) is 11.8 Å². The van der Waals surface area contributed by atoms with Crippen molar-refractivity contribution < 1.29 is 9.53 Å². The molecule has 0 aliphatic rings. The smallest absolute Gasteiger partial charge is 0.247 e. The van der Waals surface area contributed by atoms with Gasteiger partial charge in [-0.3, -0.25) is 10.2 Å². The maximum Gasteiger partial charge on any atom is 0.247 e. The van der Waals surface area contributed by atoms with Crippen molar-refractivity contribution in [2.45, 2.75) is 17.1 Å². The lowest BCUT2D eigenvalue weighted by Gasteiger charge is -2.11. The van der Waals surface area contributed by atoms with E-state index in [4.69, 9.17) is 10.6 Å². The first-order valence-corrected chi connectivity index (χ1v) is 5.37. The lowest BCUT2D eigenvalue weighted by Crippen LogP contribution is -2.36. The lowest BCUT2D eigenvalue weighted by atomic mass is 10.3. The van der Waals surface area contributed by atoms with Crippen LogP contribution in [-0.4, -0.2) is 18.3 Å². The molecule has 82 valence electrons. The maximum atomic E-state index is 11.2. The van der Waals surface area contributed by atoms with Gasteiger partial charge in [0, 0.05) is 0 Å². The van der Waals surface area contributed by atoms with E-state index in [1.165, 1.54) is 11.8 Å². The van der Waals surface area contributed by atoms with Gasteiger partial charge in [-0.2, -0.15) is 0 Å².